The molecule has 0 saturated heterocycles. The van der Waals surface area contributed by atoms with Crippen molar-refractivity contribution >= 4 is 34.3 Å². The van der Waals surface area contributed by atoms with Crippen molar-refractivity contribution in [2.24, 2.45) is 0 Å². The molecule has 0 spiro atoms. The van der Waals surface area contributed by atoms with Gasteiger partial charge in [-0.1, -0.05) is 0 Å². The predicted octanol–water partition coefficient (Wildman–Crippen LogP) is 3.41. The quantitative estimate of drug-likeness (QED) is 0.714. The molecule has 2 aromatic carbocycles. The minimum absolute atomic E-state index is 0.108. The number of nitrogens with one attached hydrogen (secondary N) is 1. The highest BCUT2D eigenvalue weighted by Gasteiger charge is 2.06. The van der Waals surface area contributed by atoms with E-state index in [0.717, 1.165) is 24.5 Å². The third kappa shape index (κ3) is 6.55. The lowest BCUT2D eigenvalue weighted by Gasteiger charge is -2.22. The summed E-state index contributed by atoms with van der Waals surface area (Å²) >= 11 is 0. The average Bonchev–Trinajstić information content (AvgIpc) is 2.59. The van der Waals surface area contributed by atoms with Crippen molar-refractivity contribution in [1.82, 2.24) is 0 Å². The molecule has 0 atom stereocenters. The first kappa shape index (κ1) is 21.2. The molecule has 0 heterocycles. The van der Waals surface area contributed by atoms with Gasteiger partial charge >= 0.3 is 0 Å². The van der Waals surface area contributed by atoms with Crippen LogP contribution < -0.4 is 26.6 Å². The first-order valence-electron chi connectivity index (χ1n) is 8.73. The minimum atomic E-state index is -0.108. The molecular weight excluding hydrogens is 326 g/mol. The van der Waals surface area contributed by atoms with Gasteiger partial charge in [0.15, 0.2) is 0 Å². The summed E-state index contributed by atoms with van der Waals surface area (Å²) in [6.45, 7) is 7.53. The van der Waals surface area contributed by atoms with Crippen molar-refractivity contribution in [1.29, 1.82) is 0 Å². The molecule has 2 aromatic rings. The van der Waals surface area contributed by atoms with Gasteiger partial charge in [-0.2, -0.15) is 0 Å². The summed E-state index contributed by atoms with van der Waals surface area (Å²) in [5.41, 5.74) is 15.6. The van der Waals surface area contributed by atoms with Gasteiger partial charge in [-0.25, -0.2) is 0 Å². The van der Waals surface area contributed by atoms with Crippen LogP contribution in [0.15, 0.2) is 42.5 Å². The molecule has 5 N–H and O–H groups in total. The van der Waals surface area contributed by atoms with Gasteiger partial charge in [-0.3, -0.25) is 4.79 Å². The minimum Gasteiger partial charge on any atom is -0.399 e. The molecule has 142 valence electrons. The van der Waals surface area contributed by atoms with Crippen LogP contribution in [0.25, 0.3) is 0 Å². The Hall–Kier alpha value is -2.89. The Morgan fingerprint density at radius 3 is 1.96 bits per heavy atom. The molecule has 0 aromatic heterocycles. The maximum atomic E-state index is 11.0. The zero-order valence-corrected chi connectivity index (χ0v) is 16.4. The van der Waals surface area contributed by atoms with Crippen molar-refractivity contribution in [3.05, 3.63) is 42.5 Å². The Balaban J connectivity index is 0.000000289. The molecule has 0 saturated carbocycles. The van der Waals surface area contributed by atoms with Crippen LogP contribution in [-0.4, -0.2) is 33.1 Å². The van der Waals surface area contributed by atoms with Crippen LogP contribution in [0.1, 0.15) is 20.8 Å². The van der Waals surface area contributed by atoms with Gasteiger partial charge in [-0.05, 0) is 56.3 Å². The Morgan fingerprint density at radius 1 is 0.962 bits per heavy atom. The van der Waals surface area contributed by atoms with Crippen LogP contribution in [-0.2, 0) is 4.79 Å². The summed E-state index contributed by atoms with van der Waals surface area (Å²) in [7, 11) is 4.01. The summed E-state index contributed by atoms with van der Waals surface area (Å²) < 4.78 is 0. The zero-order valence-electron chi connectivity index (χ0n) is 16.4. The number of carbonyl (C=O) groups excluding carboxylic acids is 1. The summed E-state index contributed by atoms with van der Waals surface area (Å²) in [5.74, 6) is -0.108. The van der Waals surface area contributed by atoms with E-state index in [4.69, 9.17) is 11.5 Å². The number of carbonyl (C=O) groups is 1. The van der Waals surface area contributed by atoms with Gasteiger partial charge in [0.25, 0.3) is 0 Å². The van der Waals surface area contributed by atoms with Crippen LogP contribution in [0.4, 0.5) is 28.4 Å². The van der Waals surface area contributed by atoms with Gasteiger partial charge in [0.1, 0.15) is 0 Å². The standard InChI is InChI=1S/C12H19N3O.C8H12N2/c1-4-15(5-2)10-6-7-11(13)12(8-10)14-9(3)16;1-10(2)8-5-3-7(9)4-6-8/h6-8H,4-5,13H2,1-3H3,(H,14,16);3-6H,9H2,1-2H3. The fourth-order valence-electron chi connectivity index (χ4n) is 2.40. The molecular formula is C20H31N5O. The second kappa shape index (κ2) is 10.2. The maximum Gasteiger partial charge on any atom is 0.221 e. The molecule has 0 unspecified atom stereocenters. The van der Waals surface area contributed by atoms with Gasteiger partial charge < -0.3 is 26.6 Å². The number of hydrogen-bond acceptors (Lipinski definition) is 5. The number of hydrogen-bond donors (Lipinski definition) is 3. The predicted molar refractivity (Wildman–Crippen MR) is 114 cm³/mol. The van der Waals surface area contributed by atoms with E-state index in [0.29, 0.717) is 11.4 Å². The van der Waals surface area contributed by atoms with Gasteiger partial charge in [0, 0.05) is 51.2 Å². The Bertz CT molecular complexity index is 694. The van der Waals surface area contributed by atoms with Crippen LogP contribution in [0.3, 0.4) is 0 Å². The van der Waals surface area contributed by atoms with Crippen LogP contribution in [0.2, 0.25) is 0 Å². The zero-order chi connectivity index (χ0) is 19.7. The maximum absolute atomic E-state index is 11.0. The van der Waals surface area contributed by atoms with Crippen molar-refractivity contribution in [2.45, 2.75) is 20.8 Å². The fourth-order valence-corrected chi connectivity index (χ4v) is 2.40. The molecule has 6 heteroatoms. The largest absolute Gasteiger partial charge is 0.399 e. The highest BCUT2D eigenvalue weighted by atomic mass is 16.1. The van der Waals surface area contributed by atoms with E-state index in [2.05, 4.69) is 24.1 Å². The number of anilines is 5. The van der Waals surface area contributed by atoms with Crippen LogP contribution >= 0.6 is 0 Å². The van der Waals surface area contributed by atoms with Crippen molar-refractivity contribution in [3.8, 4) is 0 Å². The van der Waals surface area contributed by atoms with Crippen molar-refractivity contribution < 1.29 is 4.79 Å². The molecule has 0 fully saturated rings. The van der Waals surface area contributed by atoms with Crippen LogP contribution in [0, 0.1) is 0 Å². The van der Waals surface area contributed by atoms with E-state index in [1.54, 1.807) is 0 Å². The van der Waals surface area contributed by atoms with Crippen molar-refractivity contribution in [2.75, 3.05) is 53.8 Å². The second-order valence-electron chi connectivity index (χ2n) is 6.11. The lowest BCUT2D eigenvalue weighted by molar-refractivity contribution is -0.114. The van der Waals surface area contributed by atoms with Gasteiger partial charge in [-0.15, -0.1) is 0 Å². The first-order chi connectivity index (χ1) is 12.3. The topological polar surface area (TPSA) is 87.6 Å². The number of nitrogens with zero attached hydrogens (tertiary/aromatic N) is 2. The molecule has 0 bridgehead atoms. The summed E-state index contributed by atoms with van der Waals surface area (Å²) in [5, 5.41) is 2.73. The van der Waals surface area contributed by atoms with E-state index in [9.17, 15) is 4.79 Å². The summed E-state index contributed by atoms with van der Waals surface area (Å²) in [4.78, 5) is 15.2. The third-order valence-corrected chi connectivity index (χ3v) is 3.89. The molecule has 26 heavy (non-hydrogen) atoms. The number of amides is 1. The lowest BCUT2D eigenvalue weighted by Crippen LogP contribution is -2.22. The van der Waals surface area contributed by atoms with E-state index >= 15 is 0 Å². The molecule has 2 rings (SSSR count). The van der Waals surface area contributed by atoms with E-state index in [1.165, 1.54) is 12.6 Å². The highest BCUT2D eigenvalue weighted by molar-refractivity contribution is 5.93. The molecule has 0 radical (unpaired) electrons. The van der Waals surface area contributed by atoms with E-state index < -0.39 is 0 Å². The smallest absolute Gasteiger partial charge is 0.221 e. The second-order valence-corrected chi connectivity index (χ2v) is 6.11. The monoisotopic (exact) mass is 357 g/mol. The number of benzene rings is 2. The Kier molecular flexibility index (Phi) is 8.28. The summed E-state index contributed by atoms with van der Waals surface area (Å²) in [6, 6.07) is 13.5. The molecule has 0 aliphatic rings. The molecule has 1 amide bonds. The highest BCUT2D eigenvalue weighted by Crippen LogP contribution is 2.25. The van der Waals surface area contributed by atoms with Crippen molar-refractivity contribution in [3.63, 3.8) is 0 Å². The third-order valence-electron chi connectivity index (χ3n) is 3.89. The van der Waals surface area contributed by atoms with Gasteiger partial charge in [0.05, 0.1) is 11.4 Å². The number of nitrogen functional groups attached to an aromatic ring is 2. The number of rotatable bonds is 5. The first-order valence-corrected chi connectivity index (χ1v) is 8.73. The van der Waals surface area contributed by atoms with Gasteiger partial charge in [0.2, 0.25) is 5.91 Å². The van der Waals surface area contributed by atoms with Crippen LogP contribution in [0.5, 0.6) is 0 Å². The molecule has 0 aliphatic carbocycles. The Labute approximate surface area is 156 Å². The van der Waals surface area contributed by atoms with E-state index in [1.807, 2.05) is 61.5 Å². The van der Waals surface area contributed by atoms with E-state index in [-0.39, 0.29) is 5.91 Å². The Morgan fingerprint density at radius 2 is 1.50 bits per heavy atom. The lowest BCUT2D eigenvalue weighted by atomic mass is 10.2. The fraction of sp³-hybridized carbons (Fsp3) is 0.350. The molecule has 0 aliphatic heterocycles. The number of nitrogens with two attached hydrogens (primary N) is 2. The molecule has 6 nitrogen and oxygen atoms in total. The average molecular weight is 358 g/mol. The SMILES string of the molecule is CCN(CC)c1ccc(N)c(NC(C)=O)c1.CN(C)c1ccc(N)cc1. The normalized spacial score (nSPS) is 9.73. The summed E-state index contributed by atoms with van der Waals surface area (Å²) in [6.07, 6.45) is 0.